The molecule has 1 saturated heterocycles. The zero-order valence-electron chi connectivity index (χ0n) is 15.1. The molecule has 2 aromatic rings. The van der Waals surface area contributed by atoms with Crippen molar-refractivity contribution < 1.29 is 14.5 Å². The summed E-state index contributed by atoms with van der Waals surface area (Å²) in [5.74, 6) is 0.889. The summed E-state index contributed by atoms with van der Waals surface area (Å²) in [6.07, 6.45) is 0.970. The normalized spacial score (nSPS) is 16.9. The summed E-state index contributed by atoms with van der Waals surface area (Å²) < 4.78 is 5.55. The predicted octanol–water partition coefficient (Wildman–Crippen LogP) is 2.86. The molecule has 27 heavy (non-hydrogen) atoms. The van der Waals surface area contributed by atoms with E-state index >= 15 is 0 Å². The van der Waals surface area contributed by atoms with E-state index in [9.17, 15) is 14.9 Å². The Morgan fingerprint density at radius 3 is 2.74 bits per heavy atom. The SMILES string of the molecule is Cc1sc(C(=O)N2CCN(Cc3ccc4c(c3)CCO4)CC2)cc1[N+](=O)[O-]. The summed E-state index contributed by atoms with van der Waals surface area (Å²) in [5, 5.41) is 11.0. The molecule has 3 heterocycles. The average molecular weight is 387 g/mol. The number of thiophene rings is 1. The van der Waals surface area contributed by atoms with Crippen molar-refractivity contribution in [3.05, 3.63) is 55.3 Å². The van der Waals surface area contributed by atoms with E-state index in [0.717, 1.165) is 38.4 Å². The summed E-state index contributed by atoms with van der Waals surface area (Å²) in [6.45, 7) is 6.17. The number of hydrogen-bond acceptors (Lipinski definition) is 6. The first-order valence-corrected chi connectivity index (χ1v) is 9.84. The van der Waals surface area contributed by atoms with Crippen molar-refractivity contribution in [2.75, 3.05) is 32.8 Å². The molecule has 2 aliphatic rings. The number of rotatable bonds is 4. The molecule has 0 atom stereocenters. The second-order valence-corrected chi connectivity index (χ2v) is 8.17. The fourth-order valence-corrected chi connectivity index (χ4v) is 4.58. The Hall–Kier alpha value is -2.45. The van der Waals surface area contributed by atoms with Gasteiger partial charge in [0.25, 0.3) is 11.6 Å². The zero-order chi connectivity index (χ0) is 19.0. The number of amides is 1. The molecule has 142 valence electrons. The molecular formula is C19H21N3O4S. The van der Waals surface area contributed by atoms with Gasteiger partial charge >= 0.3 is 0 Å². The minimum absolute atomic E-state index is 0.0302. The number of benzene rings is 1. The highest BCUT2D eigenvalue weighted by Gasteiger charge is 2.26. The van der Waals surface area contributed by atoms with Gasteiger partial charge in [-0.15, -0.1) is 11.3 Å². The van der Waals surface area contributed by atoms with E-state index in [1.807, 2.05) is 6.07 Å². The van der Waals surface area contributed by atoms with Gasteiger partial charge in [-0.05, 0) is 24.1 Å². The minimum atomic E-state index is -0.428. The average Bonchev–Trinajstić information content (AvgIpc) is 3.27. The highest BCUT2D eigenvalue weighted by atomic mass is 32.1. The number of carbonyl (C=O) groups excluding carboxylic acids is 1. The van der Waals surface area contributed by atoms with E-state index in [1.54, 1.807) is 11.8 Å². The Morgan fingerprint density at radius 2 is 2.04 bits per heavy atom. The number of hydrogen-bond donors (Lipinski definition) is 0. The van der Waals surface area contributed by atoms with Crippen LogP contribution in [-0.2, 0) is 13.0 Å². The summed E-state index contributed by atoms with van der Waals surface area (Å²) in [5.41, 5.74) is 2.57. The molecule has 0 radical (unpaired) electrons. The van der Waals surface area contributed by atoms with E-state index in [0.29, 0.717) is 22.8 Å². The third-order valence-electron chi connectivity index (χ3n) is 5.12. The molecule has 0 N–H and O–H groups in total. The molecule has 1 fully saturated rings. The highest BCUT2D eigenvalue weighted by molar-refractivity contribution is 7.14. The van der Waals surface area contributed by atoms with Crippen molar-refractivity contribution in [3.8, 4) is 5.75 Å². The number of nitrogens with zero attached hydrogens (tertiary/aromatic N) is 3. The van der Waals surface area contributed by atoms with Gasteiger partial charge < -0.3 is 9.64 Å². The Morgan fingerprint density at radius 1 is 1.26 bits per heavy atom. The van der Waals surface area contributed by atoms with Crippen LogP contribution >= 0.6 is 11.3 Å². The zero-order valence-corrected chi connectivity index (χ0v) is 16.0. The van der Waals surface area contributed by atoms with Gasteiger partial charge in [0.2, 0.25) is 0 Å². The molecule has 0 bridgehead atoms. The number of piperazine rings is 1. The second kappa shape index (κ2) is 7.28. The molecular weight excluding hydrogens is 366 g/mol. The first-order chi connectivity index (χ1) is 13.0. The third kappa shape index (κ3) is 3.68. The first kappa shape index (κ1) is 17.9. The number of nitro groups is 1. The Bertz CT molecular complexity index is 887. The van der Waals surface area contributed by atoms with Crippen LogP contribution in [0.2, 0.25) is 0 Å². The van der Waals surface area contributed by atoms with Crippen LogP contribution in [0.5, 0.6) is 5.75 Å². The van der Waals surface area contributed by atoms with Crippen LogP contribution in [0.3, 0.4) is 0 Å². The number of aryl methyl sites for hydroxylation is 1. The largest absolute Gasteiger partial charge is 0.493 e. The Labute approximate surface area is 161 Å². The van der Waals surface area contributed by atoms with Gasteiger partial charge in [0.1, 0.15) is 5.75 Å². The lowest BCUT2D eigenvalue weighted by Gasteiger charge is -2.34. The van der Waals surface area contributed by atoms with Gasteiger partial charge in [-0.25, -0.2) is 0 Å². The maximum absolute atomic E-state index is 12.7. The van der Waals surface area contributed by atoms with Crippen LogP contribution in [0, 0.1) is 17.0 Å². The smallest absolute Gasteiger partial charge is 0.283 e. The monoisotopic (exact) mass is 387 g/mol. The molecule has 4 rings (SSSR count). The maximum atomic E-state index is 12.7. The molecule has 1 aromatic heterocycles. The highest BCUT2D eigenvalue weighted by Crippen LogP contribution is 2.29. The van der Waals surface area contributed by atoms with Crippen LogP contribution in [0.4, 0.5) is 5.69 Å². The molecule has 1 amide bonds. The predicted molar refractivity (Wildman–Crippen MR) is 103 cm³/mol. The lowest BCUT2D eigenvalue weighted by atomic mass is 10.1. The van der Waals surface area contributed by atoms with Crippen molar-refractivity contribution in [1.82, 2.24) is 9.80 Å². The Kier molecular flexibility index (Phi) is 4.84. The van der Waals surface area contributed by atoms with Crippen molar-refractivity contribution in [2.24, 2.45) is 0 Å². The molecule has 2 aliphatic heterocycles. The molecule has 0 saturated carbocycles. The van der Waals surface area contributed by atoms with E-state index < -0.39 is 4.92 Å². The van der Waals surface area contributed by atoms with Gasteiger partial charge in [-0.1, -0.05) is 12.1 Å². The molecule has 0 spiro atoms. The number of ether oxygens (including phenoxy) is 1. The van der Waals surface area contributed by atoms with Gasteiger partial charge in [-0.3, -0.25) is 19.8 Å². The molecule has 8 heteroatoms. The van der Waals surface area contributed by atoms with Crippen LogP contribution < -0.4 is 4.74 Å². The fourth-order valence-electron chi connectivity index (χ4n) is 3.62. The van der Waals surface area contributed by atoms with E-state index in [2.05, 4.69) is 17.0 Å². The van der Waals surface area contributed by atoms with Crippen molar-refractivity contribution in [1.29, 1.82) is 0 Å². The van der Waals surface area contributed by atoms with Crippen molar-refractivity contribution in [2.45, 2.75) is 19.9 Å². The molecule has 7 nitrogen and oxygen atoms in total. The quantitative estimate of drug-likeness (QED) is 0.596. The van der Waals surface area contributed by atoms with Gasteiger partial charge in [-0.2, -0.15) is 0 Å². The van der Waals surface area contributed by atoms with Crippen molar-refractivity contribution in [3.63, 3.8) is 0 Å². The summed E-state index contributed by atoms with van der Waals surface area (Å²) >= 11 is 1.20. The molecule has 0 unspecified atom stereocenters. The van der Waals surface area contributed by atoms with Crippen molar-refractivity contribution >= 4 is 22.9 Å². The standard InChI is InChI=1S/C19H21N3O4S/c1-13-16(22(24)25)11-18(27-13)19(23)21-7-5-20(6-8-21)12-14-2-3-17-15(10-14)4-9-26-17/h2-3,10-11H,4-9,12H2,1H3. The van der Waals surface area contributed by atoms with Crippen LogP contribution in [0.1, 0.15) is 25.7 Å². The second-order valence-electron chi connectivity index (χ2n) is 6.92. The summed E-state index contributed by atoms with van der Waals surface area (Å²) in [7, 11) is 0. The van der Waals surface area contributed by atoms with Crippen LogP contribution in [0.25, 0.3) is 0 Å². The lowest BCUT2D eigenvalue weighted by molar-refractivity contribution is -0.385. The van der Waals surface area contributed by atoms with E-state index in [1.165, 1.54) is 28.5 Å². The molecule has 1 aromatic carbocycles. The minimum Gasteiger partial charge on any atom is -0.493 e. The number of fused-ring (bicyclic) bond motifs is 1. The fraction of sp³-hybridized carbons (Fsp3) is 0.421. The Balaban J connectivity index is 1.35. The van der Waals surface area contributed by atoms with E-state index in [4.69, 9.17) is 4.74 Å². The molecule has 0 aliphatic carbocycles. The van der Waals surface area contributed by atoms with Gasteiger partial charge in [0.15, 0.2) is 0 Å². The van der Waals surface area contributed by atoms with E-state index in [-0.39, 0.29) is 11.6 Å². The van der Waals surface area contributed by atoms with Gasteiger partial charge in [0.05, 0.1) is 21.3 Å². The first-order valence-electron chi connectivity index (χ1n) is 9.02. The van der Waals surface area contributed by atoms with Crippen LogP contribution in [0.15, 0.2) is 24.3 Å². The van der Waals surface area contributed by atoms with Gasteiger partial charge in [0, 0.05) is 45.2 Å². The lowest BCUT2D eigenvalue weighted by Crippen LogP contribution is -2.48. The third-order valence-corrected chi connectivity index (χ3v) is 6.15. The maximum Gasteiger partial charge on any atom is 0.283 e. The summed E-state index contributed by atoms with van der Waals surface area (Å²) in [6, 6.07) is 7.77. The number of carbonyl (C=O) groups is 1. The van der Waals surface area contributed by atoms with Crippen LogP contribution in [-0.4, -0.2) is 53.4 Å². The summed E-state index contributed by atoms with van der Waals surface area (Å²) in [4.78, 5) is 28.4. The topological polar surface area (TPSA) is 75.9 Å².